The highest BCUT2D eigenvalue weighted by Crippen LogP contribution is 2.50. The van der Waals surface area contributed by atoms with Gasteiger partial charge in [0.15, 0.2) is 6.10 Å². The third-order valence-electron chi connectivity index (χ3n) is 4.71. The van der Waals surface area contributed by atoms with Crippen LogP contribution in [0.2, 0.25) is 0 Å². The largest absolute Gasteiger partial charge is 0.378 e. The van der Waals surface area contributed by atoms with Crippen LogP contribution in [0.25, 0.3) is 0 Å². The Morgan fingerprint density at radius 1 is 1.60 bits per heavy atom. The number of carbonyl (C=O) groups is 1. The summed E-state index contributed by atoms with van der Waals surface area (Å²) in [4.78, 5) is 14.4. The summed E-state index contributed by atoms with van der Waals surface area (Å²) in [6.45, 7) is 7.67. The topological polar surface area (TPSA) is 88.6 Å². The minimum absolute atomic E-state index is 0.00857. The molecule has 2 fully saturated rings. The molecule has 1 saturated heterocycles. The first-order chi connectivity index (χ1) is 9.36. The molecular weight excluding hydrogens is 258 g/mol. The van der Waals surface area contributed by atoms with Crippen molar-refractivity contribution in [3.05, 3.63) is 0 Å². The van der Waals surface area contributed by atoms with Crippen LogP contribution in [0.15, 0.2) is 0 Å². The SMILES string of the molecule is CCOC1CC(N)(C(=O)N2CCOC(C#N)C2)C1(C)C. The summed E-state index contributed by atoms with van der Waals surface area (Å²) in [5.74, 6) is -0.0954. The molecule has 1 aliphatic heterocycles. The van der Waals surface area contributed by atoms with Gasteiger partial charge in [-0.3, -0.25) is 4.79 Å². The van der Waals surface area contributed by atoms with Gasteiger partial charge in [0, 0.05) is 25.0 Å². The molecule has 0 aromatic carbocycles. The number of hydrogen-bond acceptors (Lipinski definition) is 5. The Bertz CT molecular complexity index is 432. The van der Waals surface area contributed by atoms with Crippen LogP contribution in [0, 0.1) is 16.7 Å². The summed E-state index contributed by atoms with van der Waals surface area (Å²) in [6, 6.07) is 2.04. The molecule has 1 amide bonds. The lowest BCUT2D eigenvalue weighted by atomic mass is 9.54. The minimum atomic E-state index is -0.913. The number of rotatable bonds is 3. The van der Waals surface area contributed by atoms with Gasteiger partial charge in [0.05, 0.1) is 25.3 Å². The molecule has 2 rings (SSSR count). The maximum atomic E-state index is 12.7. The summed E-state index contributed by atoms with van der Waals surface area (Å²) in [5, 5.41) is 8.92. The number of ether oxygens (including phenoxy) is 2. The van der Waals surface area contributed by atoms with Crippen LogP contribution in [0.5, 0.6) is 0 Å². The van der Waals surface area contributed by atoms with E-state index in [9.17, 15) is 4.79 Å². The molecule has 2 aliphatic rings. The van der Waals surface area contributed by atoms with Crippen molar-refractivity contribution >= 4 is 5.91 Å². The van der Waals surface area contributed by atoms with E-state index in [-0.39, 0.29) is 12.0 Å². The third-order valence-corrected chi connectivity index (χ3v) is 4.71. The zero-order chi connectivity index (χ0) is 15.0. The van der Waals surface area contributed by atoms with Crippen LogP contribution in [0.1, 0.15) is 27.2 Å². The fourth-order valence-corrected chi connectivity index (χ4v) is 2.99. The first kappa shape index (κ1) is 15.2. The van der Waals surface area contributed by atoms with E-state index in [4.69, 9.17) is 20.5 Å². The number of hydrogen-bond donors (Lipinski definition) is 1. The lowest BCUT2D eigenvalue weighted by Gasteiger charge is -2.59. The van der Waals surface area contributed by atoms with E-state index < -0.39 is 17.1 Å². The van der Waals surface area contributed by atoms with Crippen LogP contribution < -0.4 is 5.73 Å². The molecule has 0 aromatic heterocycles. The van der Waals surface area contributed by atoms with Crippen molar-refractivity contribution in [2.24, 2.45) is 11.1 Å². The van der Waals surface area contributed by atoms with Crippen LogP contribution in [-0.2, 0) is 14.3 Å². The maximum Gasteiger partial charge on any atom is 0.243 e. The second-order valence-electron chi connectivity index (χ2n) is 6.08. The molecule has 0 aromatic rings. The van der Waals surface area contributed by atoms with Crippen molar-refractivity contribution < 1.29 is 14.3 Å². The predicted molar refractivity (Wildman–Crippen MR) is 72.7 cm³/mol. The summed E-state index contributed by atoms with van der Waals surface area (Å²) in [6.07, 6.45) is -0.0160. The molecule has 6 nitrogen and oxygen atoms in total. The molecule has 6 heteroatoms. The number of nitrogens with zero attached hydrogens (tertiary/aromatic N) is 2. The molecule has 1 heterocycles. The van der Waals surface area contributed by atoms with Crippen molar-refractivity contribution in [1.82, 2.24) is 4.90 Å². The molecular formula is C14H23N3O3. The Hall–Kier alpha value is -1.16. The number of nitriles is 1. The summed E-state index contributed by atoms with van der Waals surface area (Å²) in [7, 11) is 0. The highest BCUT2D eigenvalue weighted by atomic mass is 16.5. The van der Waals surface area contributed by atoms with Gasteiger partial charge >= 0.3 is 0 Å². The van der Waals surface area contributed by atoms with E-state index in [2.05, 4.69) is 0 Å². The van der Waals surface area contributed by atoms with Gasteiger partial charge < -0.3 is 20.1 Å². The van der Waals surface area contributed by atoms with Gasteiger partial charge in [0.25, 0.3) is 0 Å². The van der Waals surface area contributed by atoms with Crippen LogP contribution in [-0.4, -0.2) is 54.9 Å². The summed E-state index contributed by atoms with van der Waals surface area (Å²) < 4.78 is 10.9. The first-order valence-electron chi connectivity index (χ1n) is 7.08. The second-order valence-corrected chi connectivity index (χ2v) is 6.08. The summed E-state index contributed by atoms with van der Waals surface area (Å²) in [5.41, 5.74) is 5.05. The first-order valence-corrected chi connectivity index (χ1v) is 7.08. The lowest BCUT2D eigenvalue weighted by molar-refractivity contribution is -0.183. The third kappa shape index (κ3) is 2.20. The van der Waals surface area contributed by atoms with E-state index >= 15 is 0 Å². The monoisotopic (exact) mass is 281 g/mol. The average Bonchev–Trinajstić information content (AvgIpc) is 2.46. The number of carbonyl (C=O) groups excluding carboxylic acids is 1. The van der Waals surface area contributed by atoms with Crippen LogP contribution in [0.3, 0.4) is 0 Å². The highest BCUT2D eigenvalue weighted by Gasteiger charge is 2.63. The van der Waals surface area contributed by atoms with Crippen molar-refractivity contribution in [3.63, 3.8) is 0 Å². The zero-order valence-electron chi connectivity index (χ0n) is 12.4. The second kappa shape index (κ2) is 5.32. The fourth-order valence-electron chi connectivity index (χ4n) is 2.99. The normalized spacial score (nSPS) is 36.0. The minimum Gasteiger partial charge on any atom is -0.378 e. The maximum absolute atomic E-state index is 12.7. The highest BCUT2D eigenvalue weighted by molar-refractivity contribution is 5.89. The molecule has 3 unspecified atom stereocenters. The van der Waals surface area contributed by atoms with Crippen molar-refractivity contribution in [1.29, 1.82) is 5.26 Å². The van der Waals surface area contributed by atoms with Gasteiger partial charge in [-0.05, 0) is 6.92 Å². The Labute approximate surface area is 119 Å². The average molecular weight is 281 g/mol. The van der Waals surface area contributed by atoms with E-state index in [1.165, 1.54) is 0 Å². The Balaban J connectivity index is 2.08. The smallest absolute Gasteiger partial charge is 0.243 e. The molecule has 2 N–H and O–H groups in total. The Morgan fingerprint density at radius 3 is 2.85 bits per heavy atom. The summed E-state index contributed by atoms with van der Waals surface area (Å²) >= 11 is 0. The fraction of sp³-hybridized carbons (Fsp3) is 0.857. The zero-order valence-corrected chi connectivity index (χ0v) is 12.4. The Kier molecular flexibility index (Phi) is 4.05. The molecule has 0 spiro atoms. The molecule has 1 aliphatic carbocycles. The van der Waals surface area contributed by atoms with Gasteiger partial charge in [0.1, 0.15) is 5.54 Å². The van der Waals surface area contributed by atoms with Gasteiger partial charge in [-0.1, -0.05) is 13.8 Å². The number of nitrogens with two attached hydrogens (primary N) is 1. The van der Waals surface area contributed by atoms with Crippen LogP contribution >= 0.6 is 0 Å². The van der Waals surface area contributed by atoms with Gasteiger partial charge in [-0.2, -0.15) is 5.26 Å². The lowest BCUT2D eigenvalue weighted by Crippen LogP contribution is -2.76. The standard InChI is InChI=1S/C14H23N3O3/c1-4-19-11-7-14(16,13(11,2)3)12(18)17-5-6-20-10(8-15)9-17/h10-11H,4-7,9,16H2,1-3H3. The molecule has 1 saturated carbocycles. The predicted octanol–water partition coefficient (Wildman–Crippen LogP) is 0.270. The van der Waals surface area contributed by atoms with E-state index in [0.29, 0.717) is 32.7 Å². The van der Waals surface area contributed by atoms with E-state index in [1.54, 1.807) is 4.90 Å². The van der Waals surface area contributed by atoms with Crippen LogP contribution in [0.4, 0.5) is 0 Å². The van der Waals surface area contributed by atoms with Gasteiger partial charge in [-0.25, -0.2) is 0 Å². The van der Waals surface area contributed by atoms with Crippen molar-refractivity contribution in [2.75, 3.05) is 26.3 Å². The molecule has 112 valence electrons. The Morgan fingerprint density at radius 2 is 2.30 bits per heavy atom. The number of morpholine rings is 1. The van der Waals surface area contributed by atoms with Crippen molar-refractivity contribution in [3.8, 4) is 6.07 Å². The van der Waals surface area contributed by atoms with Gasteiger partial charge in [0.2, 0.25) is 5.91 Å². The molecule has 20 heavy (non-hydrogen) atoms. The quantitative estimate of drug-likeness (QED) is 0.802. The number of amides is 1. The van der Waals surface area contributed by atoms with E-state index in [0.717, 1.165) is 0 Å². The molecule has 3 atom stereocenters. The van der Waals surface area contributed by atoms with Gasteiger partial charge in [-0.15, -0.1) is 0 Å². The molecule has 0 radical (unpaired) electrons. The molecule has 0 bridgehead atoms. The van der Waals surface area contributed by atoms with Crippen molar-refractivity contribution in [2.45, 2.75) is 44.9 Å². The van der Waals surface area contributed by atoms with E-state index in [1.807, 2.05) is 26.8 Å².